The summed E-state index contributed by atoms with van der Waals surface area (Å²) in [5.41, 5.74) is 5.37. The van der Waals surface area contributed by atoms with Crippen LogP contribution in [-0.2, 0) is 22.7 Å². The number of hydrogen-bond donors (Lipinski definition) is 2. The Labute approximate surface area is 257 Å². The molecule has 0 radical (unpaired) electrons. The second-order valence-corrected chi connectivity index (χ2v) is 18.1. The van der Waals surface area contributed by atoms with Gasteiger partial charge in [-0.2, -0.15) is 5.10 Å². The van der Waals surface area contributed by atoms with Crippen LogP contribution in [0.15, 0.2) is 60.9 Å². The molecule has 224 valence electrons. The summed E-state index contributed by atoms with van der Waals surface area (Å²) in [5, 5.41) is 8.96. The molecule has 0 amide bonds. The van der Waals surface area contributed by atoms with Crippen molar-refractivity contribution in [2.75, 3.05) is 38.2 Å². The first-order chi connectivity index (χ1) is 20.8. The van der Waals surface area contributed by atoms with Crippen molar-refractivity contribution in [1.29, 1.82) is 0 Å². The van der Waals surface area contributed by atoms with E-state index in [4.69, 9.17) is 36.1 Å². The highest BCUT2D eigenvalue weighted by Gasteiger charge is 2.18. The lowest BCUT2D eigenvalue weighted by Gasteiger charge is -2.26. The van der Waals surface area contributed by atoms with Crippen molar-refractivity contribution < 1.29 is 9.47 Å². The van der Waals surface area contributed by atoms with Crippen LogP contribution in [0.1, 0.15) is 5.56 Å². The van der Waals surface area contributed by atoms with Gasteiger partial charge in [0.15, 0.2) is 17.3 Å². The summed E-state index contributed by atoms with van der Waals surface area (Å²) in [7, 11) is -1.19. The normalized spacial score (nSPS) is 14.4. The molecule has 2 aromatic carbocycles. The van der Waals surface area contributed by atoms with Gasteiger partial charge >= 0.3 is 0 Å². The number of fused-ring (bicyclic) bond motifs is 1. The molecule has 0 spiro atoms. The number of H-pyrrole nitrogens is 1. The van der Waals surface area contributed by atoms with E-state index in [2.05, 4.69) is 58.0 Å². The van der Waals surface area contributed by atoms with Crippen LogP contribution in [0.3, 0.4) is 0 Å². The fourth-order valence-electron chi connectivity index (χ4n) is 4.90. The zero-order valence-electron chi connectivity index (χ0n) is 24.8. The zero-order chi connectivity index (χ0) is 29.8. The minimum Gasteiger partial charge on any atom is -0.379 e. The summed E-state index contributed by atoms with van der Waals surface area (Å²) < 4.78 is 13.3. The Morgan fingerprint density at radius 2 is 1.93 bits per heavy atom. The third-order valence-electron chi connectivity index (χ3n) is 7.26. The lowest BCUT2D eigenvalue weighted by molar-refractivity contribution is 0.0342. The molecule has 6 rings (SSSR count). The van der Waals surface area contributed by atoms with Gasteiger partial charge in [0.2, 0.25) is 0 Å². The third-order valence-corrected chi connectivity index (χ3v) is 9.20. The van der Waals surface area contributed by atoms with Gasteiger partial charge in [0, 0.05) is 51.1 Å². The van der Waals surface area contributed by atoms with Crippen molar-refractivity contribution >= 4 is 42.2 Å². The minimum absolute atomic E-state index is 0.348. The molecule has 1 aliphatic heterocycles. The van der Waals surface area contributed by atoms with Crippen LogP contribution in [0.5, 0.6) is 0 Å². The van der Waals surface area contributed by atoms with Gasteiger partial charge in [-0.25, -0.2) is 19.6 Å². The summed E-state index contributed by atoms with van der Waals surface area (Å²) in [6.07, 6.45) is 3.66. The summed E-state index contributed by atoms with van der Waals surface area (Å²) in [4.78, 5) is 20.0. The maximum atomic E-state index is 6.21. The molecule has 5 aromatic rings. The first kappa shape index (κ1) is 29.5. The average Bonchev–Trinajstić information content (AvgIpc) is 3.59. The predicted octanol–water partition coefficient (Wildman–Crippen LogP) is 6.42. The van der Waals surface area contributed by atoms with Gasteiger partial charge in [0.25, 0.3) is 0 Å². The van der Waals surface area contributed by atoms with Gasteiger partial charge in [0.05, 0.1) is 36.1 Å². The number of hydrogen-bond acceptors (Lipinski definition) is 8. The van der Waals surface area contributed by atoms with E-state index in [0.29, 0.717) is 41.5 Å². The Balaban J connectivity index is 1.28. The van der Waals surface area contributed by atoms with E-state index in [1.807, 2.05) is 36.5 Å². The molecule has 0 saturated carbocycles. The third kappa shape index (κ3) is 7.67. The highest BCUT2D eigenvalue weighted by atomic mass is 35.5. The second-order valence-electron chi connectivity index (χ2n) is 12.0. The lowest BCUT2D eigenvalue weighted by Crippen LogP contribution is -2.35. The highest BCUT2D eigenvalue weighted by molar-refractivity contribution is 6.76. The molecule has 12 heteroatoms. The monoisotopic (exact) mass is 616 g/mol. The number of morpholine rings is 1. The van der Waals surface area contributed by atoms with E-state index in [1.165, 1.54) is 5.56 Å². The van der Waals surface area contributed by atoms with Crippen molar-refractivity contribution in [3.05, 3.63) is 71.5 Å². The molecule has 1 fully saturated rings. The maximum absolute atomic E-state index is 6.21. The first-order valence-corrected chi connectivity index (χ1v) is 18.7. The fraction of sp³-hybridized carbons (Fsp3) is 0.355. The molecule has 0 bridgehead atoms. The maximum Gasteiger partial charge on any atom is 0.161 e. The van der Waals surface area contributed by atoms with E-state index in [0.717, 1.165) is 61.2 Å². The molecule has 0 atom stereocenters. The van der Waals surface area contributed by atoms with E-state index >= 15 is 0 Å². The van der Waals surface area contributed by atoms with Gasteiger partial charge in [-0.3, -0.25) is 4.90 Å². The van der Waals surface area contributed by atoms with Crippen molar-refractivity contribution in [2.45, 2.75) is 39.0 Å². The van der Waals surface area contributed by atoms with Crippen LogP contribution in [0, 0.1) is 0 Å². The number of anilines is 2. The standard InChI is InChI=1S/C31H37ClN8O2Si/c1-43(2,3)16-15-42-21-40-20-27(34-28-9-10-33-30(37-28)23-5-4-6-24(32)18-23)29(38-40)31-35-25-8-7-22(17-26(25)36-31)19-39-11-13-41-14-12-39/h4-10,17-18,20H,11-16,19,21H2,1-3H3,(H,35,36)(H,33,34,37). The number of benzene rings is 2. The van der Waals surface area contributed by atoms with Gasteiger partial charge < -0.3 is 19.8 Å². The Kier molecular flexibility index (Phi) is 8.87. The van der Waals surface area contributed by atoms with Gasteiger partial charge in [-0.15, -0.1) is 0 Å². The summed E-state index contributed by atoms with van der Waals surface area (Å²) >= 11 is 6.21. The summed E-state index contributed by atoms with van der Waals surface area (Å²) in [5.74, 6) is 1.88. The average molecular weight is 617 g/mol. The fourth-order valence-corrected chi connectivity index (χ4v) is 5.85. The number of aromatic nitrogens is 6. The molecule has 4 heterocycles. The number of nitrogens with zero attached hydrogens (tertiary/aromatic N) is 6. The molecule has 2 N–H and O–H groups in total. The highest BCUT2D eigenvalue weighted by Crippen LogP contribution is 2.30. The minimum atomic E-state index is -1.19. The number of aromatic amines is 1. The molecule has 1 aliphatic rings. The quantitative estimate of drug-likeness (QED) is 0.129. The van der Waals surface area contributed by atoms with Crippen molar-refractivity contribution in [3.63, 3.8) is 0 Å². The van der Waals surface area contributed by atoms with Crippen LogP contribution < -0.4 is 5.32 Å². The Morgan fingerprint density at radius 1 is 1.07 bits per heavy atom. The summed E-state index contributed by atoms with van der Waals surface area (Å²) in [6, 6.07) is 16.8. The number of halogens is 1. The van der Waals surface area contributed by atoms with Crippen LogP contribution >= 0.6 is 11.6 Å². The summed E-state index contributed by atoms with van der Waals surface area (Å²) in [6.45, 7) is 12.4. The molecular formula is C31H37ClN8O2Si. The SMILES string of the molecule is C[Si](C)(C)CCOCn1cc(Nc2ccnc(-c3cccc(Cl)c3)n2)c(-c2nc3cc(CN4CCOCC4)ccc3[nH]2)n1. The number of imidazole rings is 1. The Hall–Kier alpha value is -3.61. The lowest BCUT2D eigenvalue weighted by atomic mass is 10.2. The Morgan fingerprint density at radius 3 is 2.74 bits per heavy atom. The predicted molar refractivity (Wildman–Crippen MR) is 173 cm³/mol. The van der Waals surface area contributed by atoms with Crippen LogP contribution in [-0.4, -0.2) is 75.6 Å². The van der Waals surface area contributed by atoms with Crippen molar-refractivity contribution in [3.8, 4) is 22.9 Å². The second kappa shape index (κ2) is 12.9. The largest absolute Gasteiger partial charge is 0.379 e. The molecule has 1 saturated heterocycles. The van der Waals surface area contributed by atoms with Gasteiger partial charge in [-0.05, 0) is 41.9 Å². The van der Waals surface area contributed by atoms with Crippen molar-refractivity contribution in [2.24, 2.45) is 0 Å². The van der Waals surface area contributed by atoms with E-state index in [-0.39, 0.29) is 0 Å². The van der Waals surface area contributed by atoms with Crippen molar-refractivity contribution in [1.82, 2.24) is 34.6 Å². The molecule has 0 unspecified atom stereocenters. The van der Waals surface area contributed by atoms with E-state index in [1.54, 1.807) is 10.9 Å². The van der Waals surface area contributed by atoms with Crippen LogP contribution in [0.4, 0.5) is 11.5 Å². The van der Waals surface area contributed by atoms with Gasteiger partial charge in [0.1, 0.15) is 12.5 Å². The molecular weight excluding hydrogens is 580 g/mol. The molecule has 3 aromatic heterocycles. The van der Waals surface area contributed by atoms with Gasteiger partial charge in [-0.1, -0.05) is 49.4 Å². The smallest absolute Gasteiger partial charge is 0.161 e. The number of nitrogens with one attached hydrogen (secondary N) is 2. The molecule has 0 aliphatic carbocycles. The van der Waals surface area contributed by atoms with Crippen LogP contribution in [0.25, 0.3) is 33.9 Å². The Bertz CT molecular complexity index is 1690. The molecule has 43 heavy (non-hydrogen) atoms. The molecule has 10 nitrogen and oxygen atoms in total. The number of ether oxygens (including phenoxy) is 2. The van der Waals surface area contributed by atoms with E-state index < -0.39 is 8.07 Å². The first-order valence-electron chi connectivity index (χ1n) is 14.6. The number of rotatable bonds is 11. The topological polar surface area (TPSA) is 106 Å². The van der Waals surface area contributed by atoms with E-state index in [9.17, 15) is 0 Å². The van der Waals surface area contributed by atoms with Crippen LogP contribution in [0.2, 0.25) is 30.7 Å². The zero-order valence-corrected chi connectivity index (χ0v) is 26.6.